The molecule has 0 saturated carbocycles. The first kappa shape index (κ1) is 45.3. The highest BCUT2D eigenvalue weighted by molar-refractivity contribution is 6.06. The number of β-amino-alcohol motifs (C(OH)–C–C–N with tert-alkyl or cyclic N) is 1. The third kappa shape index (κ3) is 11.8. The molecule has 0 unspecified atom stereocenters. The van der Waals surface area contributed by atoms with Crippen LogP contribution in [0.3, 0.4) is 0 Å². The van der Waals surface area contributed by atoms with Gasteiger partial charge in [0.15, 0.2) is 0 Å². The van der Waals surface area contributed by atoms with Crippen molar-refractivity contribution in [2.45, 2.75) is 150 Å². The minimum Gasteiger partial charge on any atom is -0.460 e. The van der Waals surface area contributed by atoms with Gasteiger partial charge in [-0.1, -0.05) is 73.8 Å². The number of hydrogen-bond donors (Lipinski definition) is 2. The summed E-state index contributed by atoms with van der Waals surface area (Å²) < 4.78 is 5.41. The van der Waals surface area contributed by atoms with Gasteiger partial charge in [0.1, 0.15) is 30.3 Å². The number of hydrogen-bond acceptors (Lipinski definition) is 9. The third-order valence-corrected chi connectivity index (χ3v) is 10.3. The molecule has 0 aliphatic carbocycles. The second-order valence-electron chi connectivity index (χ2n) is 16.0. The van der Waals surface area contributed by atoms with Crippen molar-refractivity contribution < 1.29 is 43.4 Å². The Kier molecular flexibility index (Phi) is 17.1. The molecule has 2 aliphatic rings. The molecule has 300 valence electrons. The second kappa shape index (κ2) is 20.0. The van der Waals surface area contributed by atoms with E-state index in [4.69, 9.17) is 4.74 Å². The first-order valence-electron chi connectivity index (χ1n) is 19.2. The number of imide groups is 1. The molecule has 9 atom stereocenters. The Morgan fingerprint density at radius 1 is 0.981 bits per heavy atom. The van der Waals surface area contributed by atoms with Crippen molar-refractivity contribution in [3.05, 3.63) is 12.2 Å². The van der Waals surface area contributed by atoms with Crippen molar-refractivity contribution in [1.29, 1.82) is 0 Å². The number of aliphatic hydroxyl groups excluding tert-OH is 1. The number of nitrogens with one attached hydrogen (secondary N) is 1. The third-order valence-electron chi connectivity index (χ3n) is 10.3. The van der Waals surface area contributed by atoms with Gasteiger partial charge in [-0.3, -0.25) is 38.5 Å². The molecule has 0 aromatic rings. The number of aliphatic hydroxyl groups is 1. The number of nitrogens with zero attached hydrogens (tertiary/aromatic N) is 4. The van der Waals surface area contributed by atoms with Gasteiger partial charge in [-0.25, -0.2) is 0 Å². The monoisotopic (exact) mass is 747 g/mol. The Balaban J connectivity index is 2.41. The number of likely N-dealkylation sites (N-methyl/N-ethyl adjacent to an activating group) is 2. The molecule has 0 radical (unpaired) electrons. The first-order chi connectivity index (χ1) is 24.6. The Morgan fingerprint density at radius 2 is 1.60 bits per heavy atom. The van der Waals surface area contributed by atoms with Gasteiger partial charge in [0.25, 0.3) is 11.8 Å². The van der Waals surface area contributed by atoms with Gasteiger partial charge in [0.2, 0.25) is 23.6 Å². The predicted octanol–water partition coefficient (Wildman–Crippen LogP) is 2.91. The van der Waals surface area contributed by atoms with Crippen LogP contribution in [0, 0.1) is 23.7 Å². The first-order valence-corrected chi connectivity index (χ1v) is 19.2. The topological polar surface area (TPSA) is 174 Å². The Hall–Kier alpha value is -3.81. The van der Waals surface area contributed by atoms with Crippen LogP contribution in [0.15, 0.2) is 12.2 Å². The van der Waals surface area contributed by atoms with Gasteiger partial charge in [-0.15, -0.1) is 0 Å². The molecular weight excluding hydrogens is 682 g/mol. The molecule has 1 saturated heterocycles. The maximum absolute atomic E-state index is 14.4. The number of ether oxygens (including phenoxy) is 1. The van der Waals surface area contributed by atoms with Crippen LogP contribution in [0.1, 0.15) is 108 Å². The zero-order chi connectivity index (χ0) is 40.5. The van der Waals surface area contributed by atoms with Gasteiger partial charge in [0.05, 0.1) is 12.1 Å². The van der Waals surface area contributed by atoms with Crippen molar-refractivity contribution in [2.24, 2.45) is 23.7 Å². The zero-order valence-electron chi connectivity index (χ0n) is 34.0. The van der Waals surface area contributed by atoms with E-state index >= 15 is 0 Å². The summed E-state index contributed by atoms with van der Waals surface area (Å²) in [7, 11) is 2.98. The Labute approximate surface area is 316 Å². The lowest BCUT2D eigenvalue weighted by Crippen LogP contribution is -2.62. The van der Waals surface area contributed by atoms with Gasteiger partial charge < -0.3 is 29.9 Å². The molecule has 0 bridgehead atoms. The molecule has 2 N–H and O–H groups in total. The number of amides is 6. The summed E-state index contributed by atoms with van der Waals surface area (Å²) in [6, 6.07) is -5.19. The summed E-state index contributed by atoms with van der Waals surface area (Å²) >= 11 is 0. The summed E-state index contributed by atoms with van der Waals surface area (Å²) in [5.41, 5.74) is 0. The number of unbranched alkanes of at least 4 members (excludes halogenated alkanes) is 1. The van der Waals surface area contributed by atoms with E-state index in [1.165, 1.54) is 41.7 Å². The summed E-state index contributed by atoms with van der Waals surface area (Å²) in [4.78, 5) is 99.5. The summed E-state index contributed by atoms with van der Waals surface area (Å²) in [6.45, 7) is 17.5. The summed E-state index contributed by atoms with van der Waals surface area (Å²) in [5.74, 6) is -4.47. The molecular formula is C39H65N5O9. The van der Waals surface area contributed by atoms with Crippen LogP contribution < -0.4 is 5.32 Å². The quantitative estimate of drug-likeness (QED) is 0.158. The van der Waals surface area contributed by atoms with E-state index in [2.05, 4.69) is 19.2 Å². The molecule has 53 heavy (non-hydrogen) atoms. The summed E-state index contributed by atoms with van der Waals surface area (Å²) in [5, 5.41) is 13.4. The molecule has 1 fully saturated rings. The largest absolute Gasteiger partial charge is 0.460 e. The highest BCUT2D eigenvalue weighted by atomic mass is 16.5. The van der Waals surface area contributed by atoms with Crippen LogP contribution in [-0.2, 0) is 38.3 Å². The smallest absolute Gasteiger partial charge is 0.302 e. The van der Waals surface area contributed by atoms with Crippen molar-refractivity contribution >= 4 is 41.4 Å². The predicted molar refractivity (Wildman–Crippen MR) is 200 cm³/mol. The summed E-state index contributed by atoms with van der Waals surface area (Å²) in [6.07, 6.45) is 4.71. The van der Waals surface area contributed by atoms with E-state index in [9.17, 15) is 38.7 Å². The van der Waals surface area contributed by atoms with Gasteiger partial charge in [-0.2, -0.15) is 0 Å². The lowest BCUT2D eigenvalue weighted by Gasteiger charge is -2.38. The molecule has 0 aromatic carbocycles. The van der Waals surface area contributed by atoms with Crippen LogP contribution in [-0.4, -0.2) is 129 Å². The van der Waals surface area contributed by atoms with E-state index in [1.807, 2.05) is 20.8 Å². The van der Waals surface area contributed by atoms with Crippen molar-refractivity contribution in [3.63, 3.8) is 0 Å². The van der Waals surface area contributed by atoms with Crippen LogP contribution in [0.5, 0.6) is 0 Å². The molecule has 6 amide bonds. The highest BCUT2D eigenvalue weighted by Gasteiger charge is 2.48. The second-order valence-corrected chi connectivity index (χ2v) is 16.0. The number of likely N-dealkylation sites (tertiary alicyclic amines) is 1. The Morgan fingerprint density at radius 3 is 2.11 bits per heavy atom. The minimum absolute atomic E-state index is 0.00605. The fourth-order valence-electron chi connectivity index (χ4n) is 7.50. The number of esters is 1. The molecule has 2 rings (SSSR count). The molecule has 14 nitrogen and oxygen atoms in total. The SMILES string of the molecule is CCCC[C@H](C)C[C@H](C)C(=O)N(C)[C@@H](CC(C)C)C(=O)N[C@H](C(=O)N(C)[C@H](C(=O)N1C[C@@H](O)C[C@H]1C(=O)N1C(=O)C=C[C@@H]1C)C(C)C)[C@H](C)OC(C)=O. The average molecular weight is 748 g/mol. The van der Waals surface area contributed by atoms with Crippen molar-refractivity contribution in [3.8, 4) is 0 Å². The zero-order valence-corrected chi connectivity index (χ0v) is 34.0. The molecule has 2 aliphatic heterocycles. The lowest BCUT2D eigenvalue weighted by atomic mass is 9.91. The maximum Gasteiger partial charge on any atom is 0.302 e. The van der Waals surface area contributed by atoms with Gasteiger partial charge in [0, 0.05) is 46.0 Å². The average Bonchev–Trinajstić information content (AvgIpc) is 3.63. The van der Waals surface area contributed by atoms with Gasteiger partial charge in [-0.05, 0) is 44.4 Å². The minimum atomic E-state index is -1.44. The number of rotatable bonds is 18. The van der Waals surface area contributed by atoms with E-state index in [0.717, 1.165) is 24.2 Å². The van der Waals surface area contributed by atoms with E-state index < -0.39 is 83.8 Å². The fraction of sp³-hybridized carbons (Fsp3) is 0.769. The highest BCUT2D eigenvalue weighted by Crippen LogP contribution is 2.27. The standard InChI is InChI=1S/C39H65N5O9/c1-13-14-15-24(6)19-25(7)36(49)41(11)30(18-22(2)3)35(48)40-33(27(9)53-28(10)45)38(51)42(12)34(23(4)5)39(52)43-21-29(46)20-31(43)37(50)44-26(8)16-17-32(44)47/h16-17,22-27,29-31,33-34,46H,13-15,18-21H2,1-12H3,(H,40,48)/t24-,25-,26-,27-,29-,30-,31-,33-,34-/m0/s1. The molecule has 0 spiro atoms. The normalized spacial score (nSPS) is 21.9. The number of carbonyl (C=O) groups excluding carboxylic acids is 7. The van der Waals surface area contributed by atoms with Crippen molar-refractivity contribution in [1.82, 2.24) is 24.9 Å². The van der Waals surface area contributed by atoms with Crippen LogP contribution in [0.2, 0.25) is 0 Å². The van der Waals surface area contributed by atoms with E-state index in [0.29, 0.717) is 18.8 Å². The van der Waals surface area contributed by atoms with Crippen LogP contribution >= 0.6 is 0 Å². The van der Waals surface area contributed by atoms with E-state index in [1.54, 1.807) is 33.9 Å². The fourth-order valence-corrected chi connectivity index (χ4v) is 7.50. The van der Waals surface area contributed by atoms with Crippen LogP contribution in [0.25, 0.3) is 0 Å². The molecule has 2 heterocycles. The van der Waals surface area contributed by atoms with Crippen LogP contribution in [0.4, 0.5) is 0 Å². The number of carbonyl (C=O) groups is 7. The molecule has 14 heteroatoms. The Bertz CT molecular complexity index is 1370. The molecule has 0 aromatic heterocycles. The van der Waals surface area contributed by atoms with Gasteiger partial charge >= 0.3 is 5.97 Å². The van der Waals surface area contributed by atoms with Crippen molar-refractivity contribution in [2.75, 3.05) is 20.6 Å². The van der Waals surface area contributed by atoms with E-state index in [-0.39, 0.29) is 30.7 Å². The maximum atomic E-state index is 14.4. The lowest BCUT2D eigenvalue weighted by molar-refractivity contribution is -0.157.